The Morgan fingerprint density at radius 1 is 1.19 bits per heavy atom. The van der Waals surface area contributed by atoms with Gasteiger partial charge in [0.05, 0.1) is 4.47 Å². The third-order valence-electron chi connectivity index (χ3n) is 2.32. The van der Waals surface area contributed by atoms with Crippen LogP contribution in [-0.4, -0.2) is 17.0 Å². The second kappa shape index (κ2) is 5.84. The molecule has 1 aromatic heterocycles. The summed E-state index contributed by atoms with van der Waals surface area (Å²) >= 11 is 3.11. The van der Waals surface area contributed by atoms with Crippen LogP contribution in [0.25, 0.3) is 0 Å². The molecule has 0 unspecified atom stereocenters. The van der Waals surface area contributed by atoms with Crippen LogP contribution in [0.4, 0.5) is 23.4 Å². The van der Waals surface area contributed by atoms with Gasteiger partial charge in [-0.15, -0.1) is 0 Å². The molecule has 4 nitrogen and oxygen atoms in total. The van der Waals surface area contributed by atoms with Gasteiger partial charge in [-0.25, -0.2) is 9.37 Å². The van der Waals surface area contributed by atoms with E-state index in [0.717, 1.165) is 6.07 Å². The Labute approximate surface area is 125 Å². The zero-order valence-corrected chi connectivity index (χ0v) is 12.1. The third-order valence-corrected chi connectivity index (χ3v) is 2.98. The van der Waals surface area contributed by atoms with Gasteiger partial charge in [0, 0.05) is 19.2 Å². The molecular weight excluding hydrogens is 358 g/mol. The standard InChI is InChI=1S/C12H8BrF4N3O/c1-18-9-5-10(20-11(19-9)12(15,16)17)21-8-4-6(14)2-3-7(8)13/h2-5H,1H3,(H,18,19,20). The van der Waals surface area contributed by atoms with Crippen LogP contribution in [0.5, 0.6) is 11.6 Å². The summed E-state index contributed by atoms with van der Waals surface area (Å²) in [6.45, 7) is 0. The Morgan fingerprint density at radius 2 is 1.90 bits per heavy atom. The van der Waals surface area contributed by atoms with E-state index >= 15 is 0 Å². The second-order valence-electron chi connectivity index (χ2n) is 3.84. The third kappa shape index (κ3) is 3.81. The highest BCUT2D eigenvalue weighted by Gasteiger charge is 2.35. The van der Waals surface area contributed by atoms with Crippen molar-refractivity contribution in [2.24, 2.45) is 0 Å². The number of benzene rings is 1. The van der Waals surface area contributed by atoms with Crippen LogP contribution in [-0.2, 0) is 6.18 Å². The van der Waals surface area contributed by atoms with E-state index in [1.54, 1.807) is 0 Å². The van der Waals surface area contributed by atoms with Gasteiger partial charge >= 0.3 is 6.18 Å². The van der Waals surface area contributed by atoms with Crippen molar-refractivity contribution in [1.82, 2.24) is 9.97 Å². The van der Waals surface area contributed by atoms with Crippen molar-refractivity contribution < 1.29 is 22.3 Å². The molecule has 0 radical (unpaired) electrons. The maximum atomic E-state index is 13.1. The molecule has 21 heavy (non-hydrogen) atoms. The van der Waals surface area contributed by atoms with Crippen LogP contribution in [0.2, 0.25) is 0 Å². The molecule has 1 heterocycles. The average molecular weight is 366 g/mol. The fourth-order valence-corrected chi connectivity index (χ4v) is 1.73. The lowest BCUT2D eigenvalue weighted by Gasteiger charge is -2.11. The molecule has 2 rings (SSSR count). The van der Waals surface area contributed by atoms with Gasteiger partial charge in [-0.3, -0.25) is 0 Å². The highest BCUT2D eigenvalue weighted by Crippen LogP contribution is 2.33. The summed E-state index contributed by atoms with van der Waals surface area (Å²) in [4.78, 5) is 6.57. The van der Waals surface area contributed by atoms with Crippen molar-refractivity contribution in [1.29, 1.82) is 0 Å². The van der Waals surface area contributed by atoms with Gasteiger partial charge in [-0.05, 0) is 28.1 Å². The normalized spacial score (nSPS) is 11.3. The van der Waals surface area contributed by atoms with E-state index < -0.39 is 17.8 Å². The summed E-state index contributed by atoms with van der Waals surface area (Å²) in [5.74, 6) is -2.36. The lowest BCUT2D eigenvalue weighted by molar-refractivity contribution is -0.145. The molecule has 0 aliphatic rings. The number of anilines is 1. The molecule has 1 aromatic carbocycles. The molecule has 0 saturated carbocycles. The molecule has 0 spiro atoms. The monoisotopic (exact) mass is 365 g/mol. The van der Waals surface area contributed by atoms with Crippen molar-refractivity contribution >= 4 is 21.7 Å². The van der Waals surface area contributed by atoms with E-state index in [1.165, 1.54) is 25.2 Å². The molecule has 0 bridgehead atoms. The molecule has 0 atom stereocenters. The number of nitrogens with one attached hydrogen (secondary N) is 1. The topological polar surface area (TPSA) is 47.0 Å². The minimum absolute atomic E-state index is 0.00359. The van der Waals surface area contributed by atoms with Crippen LogP contribution < -0.4 is 10.1 Å². The van der Waals surface area contributed by atoms with Crippen LogP contribution in [0, 0.1) is 5.82 Å². The Balaban J connectivity index is 2.42. The SMILES string of the molecule is CNc1cc(Oc2cc(F)ccc2Br)nc(C(F)(F)F)n1. The van der Waals surface area contributed by atoms with Gasteiger partial charge in [-0.1, -0.05) is 0 Å². The van der Waals surface area contributed by atoms with Crippen LogP contribution in [0.15, 0.2) is 28.7 Å². The van der Waals surface area contributed by atoms with E-state index in [0.29, 0.717) is 4.47 Å². The van der Waals surface area contributed by atoms with Crippen LogP contribution in [0.1, 0.15) is 5.82 Å². The zero-order valence-electron chi connectivity index (χ0n) is 10.5. The number of ether oxygens (including phenoxy) is 1. The lowest BCUT2D eigenvalue weighted by atomic mass is 10.3. The summed E-state index contributed by atoms with van der Waals surface area (Å²) in [5, 5.41) is 2.47. The summed E-state index contributed by atoms with van der Waals surface area (Å²) in [7, 11) is 1.41. The predicted molar refractivity (Wildman–Crippen MR) is 70.8 cm³/mol. The molecule has 0 saturated heterocycles. The van der Waals surface area contributed by atoms with Crippen molar-refractivity contribution in [3.8, 4) is 11.6 Å². The quantitative estimate of drug-likeness (QED) is 0.826. The average Bonchev–Trinajstić information content (AvgIpc) is 2.41. The van der Waals surface area contributed by atoms with Gasteiger partial charge in [0.25, 0.3) is 0 Å². The van der Waals surface area contributed by atoms with Gasteiger partial charge in [0.1, 0.15) is 17.4 Å². The van der Waals surface area contributed by atoms with Crippen molar-refractivity contribution in [3.05, 3.63) is 40.4 Å². The molecule has 2 aromatic rings. The number of nitrogens with zero attached hydrogens (tertiary/aromatic N) is 2. The maximum absolute atomic E-state index is 13.1. The first kappa shape index (κ1) is 15.5. The fourth-order valence-electron chi connectivity index (χ4n) is 1.40. The van der Waals surface area contributed by atoms with Crippen LogP contribution >= 0.6 is 15.9 Å². The summed E-state index contributed by atoms with van der Waals surface area (Å²) < 4.78 is 56.8. The molecule has 0 fully saturated rings. The van der Waals surface area contributed by atoms with E-state index in [-0.39, 0.29) is 17.4 Å². The van der Waals surface area contributed by atoms with Crippen molar-refractivity contribution in [2.75, 3.05) is 12.4 Å². The van der Waals surface area contributed by atoms with Gasteiger partial charge in [0.15, 0.2) is 0 Å². The Bertz CT molecular complexity index is 663. The van der Waals surface area contributed by atoms with Gasteiger partial charge in [-0.2, -0.15) is 18.2 Å². The van der Waals surface area contributed by atoms with E-state index in [4.69, 9.17) is 4.74 Å². The Hall–Kier alpha value is -1.90. The second-order valence-corrected chi connectivity index (χ2v) is 4.69. The van der Waals surface area contributed by atoms with Crippen LogP contribution in [0.3, 0.4) is 0 Å². The molecule has 0 aliphatic carbocycles. The minimum Gasteiger partial charge on any atom is -0.438 e. The lowest BCUT2D eigenvalue weighted by Crippen LogP contribution is -2.13. The van der Waals surface area contributed by atoms with Crippen molar-refractivity contribution in [2.45, 2.75) is 6.18 Å². The summed E-state index contributed by atoms with van der Waals surface area (Å²) in [5.41, 5.74) is 0. The largest absolute Gasteiger partial charge is 0.451 e. The minimum atomic E-state index is -4.72. The fraction of sp³-hybridized carbons (Fsp3) is 0.167. The number of hydrogen-bond donors (Lipinski definition) is 1. The number of aromatic nitrogens is 2. The van der Waals surface area contributed by atoms with Gasteiger partial charge < -0.3 is 10.1 Å². The molecule has 0 aliphatic heterocycles. The molecule has 0 amide bonds. The van der Waals surface area contributed by atoms with E-state index in [2.05, 4.69) is 31.2 Å². The first-order valence-corrected chi connectivity index (χ1v) is 6.36. The zero-order chi connectivity index (χ0) is 15.6. The highest BCUT2D eigenvalue weighted by atomic mass is 79.9. The smallest absolute Gasteiger partial charge is 0.438 e. The number of halogens is 5. The summed E-state index contributed by atoms with van der Waals surface area (Å²) in [6.07, 6.45) is -4.72. The highest BCUT2D eigenvalue weighted by molar-refractivity contribution is 9.10. The number of alkyl halides is 3. The number of rotatable bonds is 3. The molecule has 112 valence electrons. The first-order chi connectivity index (χ1) is 9.79. The maximum Gasteiger partial charge on any atom is 0.451 e. The predicted octanol–water partition coefficient (Wildman–Crippen LogP) is 4.23. The Kier molecular flexibility index (Phi) is 4.31. The first-order valence-electron chi connectivity index (χ1n) is 5.56. The molecule has 1 N–H and O–H groups in total. The van der Waals surface area contributed by atoms with Gasteiger partial charge in [0.2, 0.25) is 11.7 Å². The van der Waals surface area contributed by atoms with E-state index in [1.807, 2.05) is 0 Å². The van der Waals surface area contributed by atoms with Crippen molar-refractivity contribution in [3.63, 3.8) is 0 Å². The number of hydrogen-bond acceptors (Lipinski definition) is 4. The Morgan fingerprint density at radius 3 is 2.52 bits per heavy atom. The molecular formula is C12H8BrF4N3O. The molecule has 9 heteroatoms. The summed E-state index contributed by atoms with van der Waals surface area (Å²) in [6, 6.07) is 4.75. The van der Waals surface area contributed by atoms with E-state index in [9.17, 15) is 17.6 Å².